The van der Waals surface area contributed by atoms with Gasteiger partial charge in [-0.1, -0.05) is 55.0 Å². The molecule has 0 radical (unpaired) electrons. The molecule has 0 saturated carbocycles. The summed E-state index contributed by atoms with van der Waals surface area (Å²) in [7, 11) is 1.58. The number of rotatable bonds is 10. The Hall–Kier alpha value is -2.35. The van der Waals surface area contributed by atoms with E-state index in [-0.39, 0.29) is 12.5 Å². The average Bonchev–Trinajstić information content (AvgIpc) is 3.24. The first-order valence-electron chi connectivity index (χ1n) is 10.3. The maximum atomic E-state index is 13.2. The fourth-order valence-corrected chi connectivity index (χ4v) is 4.63. The van der Waals surface area contributed by atoms with Gasteiger partial charge in [-0.15, -0.1) is 0 Å². The van der Waals surface area contributed by atoms with Crippen LogP contribution in [-0.2, 0) is 4.79 Å². The zero-order chi connectivity index (χ0) is 22.4. The van der Waals surface area contributed by atoms with Gasteiger partial charge in [0.2, 0.25) is 0 Å². The van der Waals surface area contributed by atoms with Gasteiger partial charge in [0, 0.05) is 13.1 Å². The van der Waals surface area contributed by atoms with Crippen LogP contribution < -0.4 is 14.4 Å². The van der Waals surface area contributed by atoms with Crippen molar-refractivity contribution in [2.24, 2.45) is 0 Å². The zero-order valence-corrected chi connectivity index (χ0v) is 19.9. The van der Waals surface area contributed by atoms with Crippen LogP contribution in [-0.4, -0.2) is 55.7 Å². The second-order valence-electron chi connectivity index (χ2n) is 7.05. The summed E-state index contributed by atoms with van der Waals surface area (Å²) in [6.07, 6.45) is 0. The Bertz CT molecular complexity index is 997. The van der Waals surface area contributed by atoms with Crippen LogP contribution in [0.1, 0.15) is 19.4 Å². The number of fused-ring (bicyclic) bond motifs is 1. The van der Waals surface area contributed by atoms with E-state index in [9.17, 15) is 4.79 Å². The highest BCUT2D eigenvalue weighted by atomic mass is 35.5. The van der Waals surface area contributed by atoms with Gasteiger partial charge in [0.1, 0.15) is 0 Å². The summed E-state index contributed by atoms with van der Waals surface area (Å²) < 4.78 is 12.0. The molecule has 3 rings (SSSR count). The number of likely N-dealkylation sites (N-methyl/N-ethyl adjacent to an activating group) is 1. The maximum Gasteiger partial charge on any atom is 0.266 e. The smallest absolute Gasteiger partial charge is 0.266 e. The fraction of sp³-hybridized carbons (Fsp3) is 0.391. The molecule has 0 aliphatic heterocycles. The summed E-state index contributed by atoms with van der Waals surface area (Å²) in [6.45, 7) is 9.21. The predicted octanol–water partition coefficient (Wildman–Crippen LogP) is 5.02. The lowest BCUT2D eigenvalue weighted by Crippen LogP contribution is -2.41. The van der Waals surface area contributed by atoms with Crippen molar-refractivity contribution in [1.29, 1.82) is 0 Å². The van der Waals surface area contributed by atoms with Crippen molar-refractivity contribution in [3.63, 3.8) is 0 Å². The van der Waals surface area contributed by atoms with Gasteiger partial charge in [-0.25, -0.2) is 4.98 Å². The summed E-state index contributed by atoms with van der Waals surface area (Å²) in [5.74, 6) is 0.962. The zero-order valence-electron chi connectivity index (χ0n) is 18.4. The first-order chi connectivity index (χ1) is 15.0. The number of carbonyl (C=O) groups is 1. The topological polar surface area (TPSA) is 54.9 Å². The van der Waals surface area contributed by atoms with Crippen molar-refractivity contribution in [2.45, 2.75) is 20.8 Å². The van der Waals surface area contributed by atoms with Crippen molar-refractivity contribution in [1.82, 2.24) is 9.88 Å². The summed E-state index contributed by atoms with van der Waals surface area (Å²) >= 11 is 7.83. The van der Waals surface area contributed by atoms with Gasteiger partial charge in [0.05, 0.1) is 22.3 Å². The Morgan fingerprint density at radius 1 is 1.10 bits per heavy atom. The minimum Gasteiger partial charge on any atom is -0.493 e. The molecule has 0 saturated heterocycles. The summed E-state index contributed by atoms with van der Waals surface area (Å²) in [4.78, 5) is 22.0. The Morgan fingerprint density at radius 2 is 1.81 bits per heavy atom. The molecular formula is C23H28ClN3O3S. The van der Waals surface area contributed by atoms with Crippen LogP contribution >= 0.6 is 22.9 Å². The molecule has 0 spiro atoms. The minimum absolute atomic E-state index is 0.110. The molecule has 166 valence electrons. The minimum atomic E-state index is -0.161. The van der Waals surface area contributed by atoms with Gasteiger partial charge >= 0.3 is 0 Å². The van der Waals surface area contributed by atoms with Gasteiger partial charge in [0.15, 0.2) is 23.2 Å². The van der Waals surface area contributed by atoms with Gasteiger partial charge in [0.25, 0.3) is 5.91 Å². The van der Waals surface area contributed by atoms with Crippen LogP contribution in [0.4, 0.5) is 5.13 Å². The first-order valence-corrected chi connectivity index (χ1v) is 11.5. The highest BCUT2D eigenvalue weighted by molar-refractivity contribution is 7.23. The number of halogens is 1. The van der Waals surface area contributed by atoms with Crippen LogP contribution in [0.25, 0.3) is 10.2 Å². The van der Waals surface area contributed by atoms with Crippen molar-refractivity contribution < 1.29 is 14.3 Å². The monoisotopic (exact) mass is 461 g/mol. The molecule has 8 heteroatoms. The van der Waals surface area contributed by atoms with Gasteiger partial charge in [-0.3, -0.25) is 9.69 Å². The number of aromatic nitrogens is 1. The molecule has 0 fully saturated rings. The van der Waals surface area contributed by atoms with Crippen molar-refractivity contribution in [3.05, 3.63) is 47.0 Å². The average molecular weight is 462 g/mol. The fourth-order valence-electron chi connectivity index (χ4n) is 3.27. The molecule has 1 amide bonds. The molecule has 0 aliphatic carbocycles. The largest absolute Gasteiger partial charge is 0.493 e. The summed E-state index contributed by atoms with van der Waals surface area (Å²) in [5, 5.41) is 1.28. The Morgan fingerprint density at radius 3 is 2.45 bits per heavy atom. The molecule has 2 aromatic carbocycles. The second kappa shape index (κ2) is 10.8. The molecule has 0 atom stereocenters. The van der Waals surface area contributed by atoms with Gasteiger partial charge in [-0.2, -0.15) is 0 Å². The molecule has 0 aliphatic rings. The van der Waals surface area contributed by atoms with Gasteiger partial charge in [-0.05, 0) is 43.8 Å². The summed E-state index contributed by atoms with van der Waals surface area (Å²) in [6, 6.07) is 11.1. The maximum absolute atomic E-state index is 13.2. The van der Waals surface area contributed by atoms with E-state index in [0.717, 1.165) is 35.4 Å². The van der Waals surface area contributed by atoms with E-state index in [1.807, 2.05) is 31.2 Å². The number of carbonyl (C=O) groups excluding carboxylic acids is 1. The number of aryl methyl sites for hydroxylation is 1. The Kier molecular flexibility index (Phi) is 8.12. The number of anilines is 1. The third-order valence-electron chi connectivity index (χ3n) is 5.17. The van der Waals surface area contributed by atoms with E-state index in [2.05, 4.69) is 18.7 Å². The number of benzene rings is 2. The molecule has 3 aromatic rings. The number of nitrogens with zero attached hydrogens (tertiary/aromatic N) is 3. The highest BCUT2D eigenvalue weighted by Gasteiger charge is 2.22. The SMILES string of the molecule is CCN(CC)CCN(C(=O)COc1ccccc1OC)c1nc2c(C)ccc(Cl)c2s1. The van der Waals surface area contributed by atoms with Crippen LogP contribution in [0, 0.1) is 6.92 Å². The molecule has 0 unspecified atom stereocenters. The molecule has 1 aromatic heterocycles. The predicted molar refractivity (Wildman–Crippen MR) is 128 cm³/mol. The number of thiazole rings is 1. The lowest BCUT2D eigenvalue weighted by atomic mass is 10.2. The van der Waals surface area contributed by atoms with E-state index in [1.165, 1.54) is 11.3 Å². The van der Waals surface area contributed by atoms with Crippen LogP contribution in [0.5, 0.6) is 11.5 Å². The van der Waals surface area contributed by atoms with E-state index < -0.39 is 0 Å². The van der Waals surface area contributed by atoms with Crippen molar-refractivity contribution >= 4 is 44.2 Å². The second-order valence-corrected chi connectivity index (χ2v) is 8.43. The van der Waals surface area contributed by atoms with E-state index >= 15 is 0 Å². The van der Waals surface area contributed by atoms with E-state index in [1.54, 1.807) is 24.1 Å². The third kappa shape index (κ3) is 5.47. The quantitative estimate of drug-likeness (QED) is 0.424. The van der Waals surface area contributed by atoms with Gasteiger partial charge < -0.3 is 14.4 Å². The first kappa shape index (κ1) is 23.3. The molecule has 6 nitrogen and oxygen atoms in total. The molecule has 1 heterocycles. The number of methoxy groups -OCH3 is 1. The number of amides is 1. The van der Waals surface area contributed by atoms with Crippen LogP contribution in [0.2, 0.25) is 5.02 Å². The van der Waals surface area contributed by atoms with E-state index in [0.29, 0.717) is 28.2 Å². The molecule has 31 heavy (non-hydrogen) atoms. The lowest BCUT2D eigenvalue weighted by Gasteiger charge is -2.24. The standard InChI is InChI=1S/C23H28ClN3O3S/c1-5-26(6-2)13-14-27(20(28)15-30-19-10-8-7-9-18(19)29-4)23-25-21-16(3)11-12-17(24)22(21)31-23/h7-12H,5-6,13-15H2,1-4H3. The Balaban J connectivity index is 1.86. The normalized spacial score (nSPS) is 11.2. The van der Waals surface area contributed by atoms with E-state index in [4.69, 9.17) is 26.1 Å². The Labute approximate surface area is 192 Å². The molecule has 0 N–H and O–H groups in total. The van der Waals surface area contributed by atoms with Crippen LogP contribution in [0.15, 0.2) is 36.4 Å². The lowest BCUT2D eigenvalue weighted by molar-refractivity contribution is -0.120. The molecule has 0 bridgehead atoms. The number of para-hydroxylation sites is 2. The van der Waals surface area contributed by atoms with Crippen LogP contribution in [0.3, 0.4) is 0 Å². The third-order valence-corrected chi connectivity index (χ3v) is 6.71. The van der Waals surface area contributed by atoms with Crippen molar-refractivity contribution in [2.75, 3.05) is 44.8 Å². The van der Waals surface area contributed by atoms with Crippen molar-refractivity contribution in [3.8, 4) is 11.5 Å². The highest BCUT2D eigenvalue weighted by Crippen LogP contribution is 2.35. The molecular weight excluding hydrogens is 434 g/mol. The summed E-state index contributed by atoms with van der Waals surface area (Å²) in [5.41, 5.74) is 1.86. The number of hydrogen-bond donors (Lipinski definition) is 0. The number of ether oxygens (including phenoxy) is 2. The number of hydrogen-bond acceptors (Lipinski definition) is 6.